The van der Waals surface area contributed by atoms with E-state index in [2.05, 4.69) is 5.32 Å². The van der Waals surface area contributed by atoms with Gasteiger partial charge in [0.1, 0.15) is 11.2 Å². The maximum Gasteiger partial charge on any atom is 0.238 e. The second kappa shape index (κ2) is 6.76. The van der Waals surface area contributed by atoms with Gasteiger partial charge in [-0.2, -0.15) is 0 Å². The zero-order valence-corrected chi connectivity index (χ0v) is 15.2. The predicted octanol–water partition coefficient (Wildman–Crippen LogP) is 4.26. The summed E-state index contributed by atoms with van der Waals surface area (Å²) in [5.74, 6) is 0.166. The Morgan fingerprint density at radius 3 is 2.77 bits per heavy atom. The summed E-state index contributed by atoms with van der Waals surface area (Å²) in [6.07, 6.45) is 1.90. The Balaban J connectivity index is 1.64. The number of hydrogen-bond acceptors (Lipinski definition) is 3. The normalized spacial score (nSPS) is 19.7. The van der Waals surface area contributed by atoms with E-state index >= 15 is 0 Å². The van der Waals surface area contributed by atoms with Crippen molar-refractivity contribution in [1.82, 2.24) is 0 Å². The average molecular weight is 370 g/mol. The van der Waals surface area contributed by atoms with E-state index in [0.717, 1.165) is 24.1 Å². The summed E-state index contributed by atoms with van der Waals surface area (Å²) in [7, 11) is 0. The fourth-order valence-corrected chi connectivity index (χ4v) is 4.31. The van der Waals surface area contributed by atoms with E-state index in [1.807, 2.05) is 24.3 Å². The minimum atomic E-state index is -0.323. The van der Waals surface area contributed by atoms with Crippen LogP contribution in [0.1, 0.15) is 29.3 Å². The third-order valence-corrected chi connectivity index (χ3v) is 5.97. The van der Waals surface area contributed by atoms with Crippen molar-refractivity contribution >= 4 is 35.0 Å². The Morgan fingerprint density at radius 2 is 2.00 bits per heavy atom. The van der Waals surface area contributed by atoms with E-state index in [9.17, 15) is 14.0 Å². The lowest BCUT2D eigenvalue weighted by Crippen LogP contribution is -2.28. The van der Waals surface area contributed by atoms with Gasteiger partial charge in [0.15, 0.2) is 0 Å². The van der Waals surface area contributed by atoms with Crippen LogP contribution in [-0.4, -0.2) is 17.6 Å². The minimum absolute atomic E-state index is 0.0406. The van der Waals surface area contributed by atoms with E-state index in [1.54, 1.807) is 24.0 Å². The Morgan fingerprint density at radius 1 is 1.23 bits per heavy atom. The molecule has 1 aliphatic heterocycles. The van der Waals surface area contributed by atoms with E-state index in [-0.39, 0.29) is 28.9 Å². The Kier molecular flexibility index (Phi) is 4.44. The number of thioether (sulfide) groups is 1. The molecule has 2 amide bonds. The second-order valence-corrected chi connectivity index (χ2v) is 7.77. The molecule has 4 nitrogen and oxygen atoms in total. The van der Waals surface area contributed by atoms with Crippen molar-refractivity contribution in [2.75, 3.05) is 16.0 Å². The number of nitrogens with one attached hydrogen (secondary N) is 1. The molecule has 1 aliphatic carbocycles. The Labute approximate surface area is 155 Å². The smallest absolute Gasteiger partial charge is 0.238 e. The largest absolute Gasteiger partial charge is 0.326 e. The number of halogens is 1. The molecular weight excluding hydrogens is 351 g/mol. The van der Waals surface area contributed by atoms with Gasteiger partial charge in [0.25, 0.3) is 0 Å². The highest BCUT2D eigenvalue weighted by Crippen LogP contribution is 2.43. The summed E-state index contributed by atoms with van der Waals surface area (Å²) in [6, 6.07) is 12.4. The Hall–Kier alpha value is -2.34. The molecule has 2 fully saturated rings. The average Bonchev–Trinajstić information content (AvgIpc) is 3.41. The number of hydrogen-bond donors (Lipinski definition) is 1. The first-order valence-electron chi connectivity index (χ1n) is 8.64. The van der Waals surface area contributed by atoms with Gasteiger partial charge in [0, 0.05) is 17.2 Å². The van der Waals surface area contributed by atoms with Crippen LogP contribution in [0.25, 0.3) is 0 Å². The first-order chi connectivity index (χ1) is 12.5. The SMILES string of the molecule is Cc1c(F)cccc1N1C(=O)CS[C@@H]1c1cccc(NC(=O)C2CC2)c1. The van der Waals surface area contributed by atoms with Crippen LogP contribution in [0.15, 0.2) is 42.5 Å². The quantitative estimate of drug-likeness (QED) is 0.875. The van der Waals surface area contributed by atoms with Crippen LogP contribution in [0, 0.1) is 18.7 Å². The Bertz CT molecular complexity index is 882. The lowest BCUT2D eigenvalue weighted by molar-refractivity contribution is -0.117. The molecular formula is C20H19FN2O2S. The molecule has 0 spiro atoms. The van der Waals surface area contributed by atoms with Crippen LogP contribution in [0.2, 0.25) is 0 Å². The molecule has 1 atom stereocenters. The highest BCUT2D eigenvalue weighted by Gasteiger charge is 2.35. The maximum atomic E-state index is 14.0. The zero-order valence-electron chi connectivity index (χ0n) is 14.4. The predicted molar refractivity (Wildman–Crippen MR) is 102 cm³/mol. The third kappa shape index (κ3) is 3.21. The summed E-state index contributed by atoms with van der Waals surface area (Å²) in [6.45, 7) is 1.68. The summed E-state index contributed by atoms with van der Waals surface area (Å²) >= 11 is 1.51. The van der Waals surface area contributed by atoms with E-state index in [0.29, 0.717) is 17.0 Å². The molecule has 2 aliphatic rings. The molecule has 0 bridgehead atoms. The fourth-order valence-electron chi connectivity index (χ4n) is 3.15. The number of anilines is 2. The van der Waals surface area contributed by atoms with E-state index < -0.39 is 0 Å². The number of carbonyl (C=O) groups excluding carboxylic acids is 2. The molecule has 2 aromatic rings. The molecule has 134 valence electrons. The summed E-state index contributed by atoms with van der Waals surface area (Å²) < 4.78 is 14.0. The lowest BCUT2D eigenvalue weighted by Gasteiger charge is -2.26. The molecule has 0 radical (unpaired) electrons. The number of carbonyl (C=O) groups is 2. The molecule has 0 aromatic heterocycles. The minimum Gasteiger partial charge on any atom is -0.326 e. The number of amides is 2. The van der Waals surface area contributed by atoms with Crippen molar-refractivity contribution in [3.63, 3.8) is 0 Å². The van der Waals surface area contributed by atoms with Crippen LogP contribution in [-0.2, 0) is 9.59 Å². The molecule has 2 aromatic carbocycles. The van der Waals surface area contributed by atoms with Gasteiger partial charge >= 0.3 is 0 Å². The van der Waals surface area contributed by atoms with Crippen LogP contribution >= 0.6 is 11.8 Å². The van der Waals surface area contributed by atoms with Gasteiger partial charge in [-0.1, -0.05) is 18.2 Å². The third-order valence-electron chi connectivity index (χ3n) is 4.75. The van der Waals surface area contributed by atoms with Gasteiger partial charge in [-0.15, -0.1) is 11.8 Å². The van der Waals surface area contributed by atoms with Gasteiger partial charge in [-0.3, -0.25) is 14.5 Å². The van der Waals surface area contributed by atoms with Crippen LogP contribution in [0.5, 0.6) is 0 Å². The molecule has 4 rings (SSSR count). The van der Waals surface area contributed by atoms with Crippen LogP contribution in [0.4, 0.5) is 15.8 Å². The van der Waals surface area contributed by atoms with Crippen LogP contribution in [0.3, 0.4) is 0 Å². The van der Waals surface area contributed by atoms with Crippen molar-refractivity contribution in [3.05, 3.63) is 59.4 Å². The van der Waals surface area contributed by atoms with Crippen molar-refractivity contribution in [2.45, 2.75) is 25.1 Å². The molecule has 1 N–H and O–H groups in total. The van der Waals surface area contributed by atoms with Crippen molar-refractivity contribution in [2.24, 2.45) is 5.92 Å². The maximum absolute atomic E-state index is 14.0. The number of nitrogens with zero attached hydrogens (tertiary/aromatic N) is 1. The molecule has 1 heterocycles. The van der Waals surface area contributed by atoms with Gasteiger partial charge in [-0.25, -0.2) is 4.39 Å². The van der Waals surface area contributed by atoms with Crippen LogP contribution < -0.4 is 10.2 Å². The van der Waals surface area contributed by atoms with Crippen molar-refractivity contribution in [3.8, 4) is 0 Å². The summed E-state index contributed by atoms with van der Waals surface area (Å²) in [5.41, 5.74) is 2.71. The first-order valence-corrected chi connectivity index (χ1v) is 9.69. The summed E-state index contributed by atoms with van der Waals surface area (Å²) in [5, 5.41) is 2.71. The highest BCUT2D eigenvalue weighted by molar-refractivity contribution is 8.00. The molecule has 1 saturated carbocycles. The van der Waals surface area contributed by atoms with E-state index in [4.69, 9.17) is 0 Å². The monoisotopic (exact) mass is 370 g/mol. The molecule has 6 heteroatoms. The fraction of sp³-hybridized carbons (Fsp3) is 0.300. The lowest BCUT2D eigenvalue weighted by atomic mass is 10.1. The topological polar surface area (TPSA) is 49.4 Å². The standard InChI is InChI=1S/C20H19FN2O2S/c1-12-16(21)6-3-7-17(12)23-18(24)11-26-20(23)14-4-2-5-15(10-14)22-19(25)13-8-9-13/h2-7,10,13,20H,8-9,11H2,1H3,(H,22,25)/t20-/m1/s1. The molecule has 26 heavy (non-hydrogen) atoms. The first kappa shape index (κ1) is 17.1. The number of rotatable bonds is 4. The zero-order chi connectivity index (χ0) is 18.3. The number of benzene rings is 2. The van der Waals surface area contributed by atoms with Crippen molar-refractivity contribution in [1.29, 1.82) is 0 Å². The van der Waals surface area contributed by atoms with Gasteiger partial charge in [0.05, 0.1) is 11.4 Å². The molecule has 1 saturated heterocycles. The second-order valence-electron chi connectivity index (χ2n) is 6.70. The molecule has 0 unspecified atom stereocenters. The van der Waals surface area contributed by atoms with Crippen molar-refractivity contribution < 1.29 is 14.0 Å². The van der Waals surface area contributed by atoms with Gasteiger partial charge < -0.3 is 5.32 Å². The van der Waals surface area contributed by atoms with E-state index in [1.165, 1.54) is 17.8 Å². The summed E-state index contributed by atoms with van der Waals surface area (Å²) in [4.78, 5) is 26.2. The van der Waals surface area contributed by atoms with Gasteiger partial charge in [-0.05, 0) is 49.6 Å². The van der Waals surface area contributed by atoms with Gasteiger partial charge in [0.2, 0.25) is 11.8 Å². The highest BCUT2D eigenvalue weighted by atomic mass is 32.2.